The van der Waals surface area contributed by atoms with Crippen molar-refractivity contribution in [3.05, 3.63) is 0 Å². The second kappa shape index (κ2) is 12.8. The number of hydrogen-bond donors (Lipinski definition) is 11. The minimum absolute atomic E-state index is 0.652. The Morgan fingerprint density at radius 3 is 1.76 bits per heavy atom. The Morgan fingerprint density at radius 1 is 0.649 bits per heavy atom. The van der Waals surface area contributed by atoms with Gasteiger partial charge >= 0.3 is 0 Å². The maximum Gasteiger partial charge on any atom is 0.217 e. The Morgan fingerprint density at radius 2 is 1.19 bits per heavy atom. The third kappa shape index (κ3) is 6.38. The van der Waals surface area contributed by atoms with Crippen LogP contribution >= 0.6 is 0 Å². The van der Waals surface area contributed by atoms with Crippen LogP contribution in [0.25, 0.3) is 0 Å². The molecular formula is C20H35NO16. The number of ether oxygens (including phenoxy) is 5. The fourth-order valence-electron chi connectivity index (χ4n) is 4.46. The van der Waals surface area contributed by atoms with Crippen LogP contribution in [0.15, 0.2) is 0 Å². The lowest BCUT2D eigenvalue weighted by molar-refractivity contribution is -0.373. The van der Waals surface area contributed by atoms with Gasteiger partial charge in [-0.1, -0.05) is 0 Å². The SMILES string of the molecule is CC(=O)N[C@H]1[C@H](O[C@H]2[C@@H](O)[C@@H](CO)O[C@@H](O[C@@H]3[C@@H](O)[C@H](O)C(O)O[C@H]3CO)[C@@H]2O)O[C@H](CO)[C@@H](O)[C@@H]1O. The summed E-state index contributed by atoms with van der Waals surface area (Å²) in [6.45, 7) is -1.25. The van der Waals surface area contributed by atoms with Crippen molar-refractivity contribution >= 4 is 5.91 Å². The highest BCUT2D eigenvalue weighted by atomic mass is 16.7. The van der Waals surface area contributed by atoms with Crippen LogP contribution in [0, 0.1) is 0 Å². The standard InChI is InChI=1S/C20H35NO16/c1-5(25)21-9-12(28)10(26)6(2-22)34-19(9)37-17-11(27)7(3-23)35-20(15(17)31)36-16-8(4-24)33-18(32)14(30)13(16)29/h6-20,22-24,26-32H,2-4H2,1H3,(H,21,25)/t6-,7-,8+,9-,10-,11+,12-,13+,14+,15-,16+,17+,18?,19+,20+/m1/s1. The van der Waals surface area contributed by atoms with E-state index in [1.54, 1.807) is 0 Å². The van der Waals surface area contributed by atoms with E-state index in [0.29, 0.717) is 0 Å². The number of carbonyl (C=O) groups is 1. The molecule has 216 valence electrons. The molecule has 3 heterocycles. The van der Waals surface area contributed by atoms with Gasteiger partial charge in [0.2, 0.25) is 5.91 Å². The van der Waals surface area contributed by atoms with Crippen molar-refractivity contribution in [3.63, 3.8) is 0 Å². The summed E-state index contributed by atoms with van der Waals surface area (Å²) in [6, 6.07) is -1.42. The summed E-state index contributed by atoms with van der Waals surface area (Å²) in [4.78, 5) is 11.7. The third-order valence-corrected chi connectivity index (χ3v) is 6.49. The zero-order valence-corrected chi connectivity index (χ0v) is 19.7. The number of aliphatic hydroxyl groups excluding tert-OH is 10. The van der Waals surface area contributed by atoms with Crippen LogP contribution in [0.3, 0.4) is 0 Å². The normalized spacial score (nSPS) is 49.0. The van der Waals surface area contributed by atoms with Gasteiger partial charge in [0, 0.05) is 6.92 Å². The fourth-order valence-corrected chi connectivity index (χ4v) is 4.46. The topological polar surface area (TPSA) is 278 Å². The molecule has 0 spiro atoms. The van der Waals surface area contributed by atoms with Gasteiger partial charge in [-0.3, -0.25) is 4.79 Å². The molecule has 37 heavy (non-hydrogen) atoms. The van der Waals surface area contributed by atoms with E-state index >= 15 is 0 Å². The van der Waals surface area contributed by atoms with Gasteiger partial charge in [0.05, 0.1) is 19.8 Å². The molecule has 11 N–H and O–H groups in total. The Labute approximate surface area is 210 Å². The lowest BCUT2D eigenvalue weighted by Gasteiger charge is -2.48. The average Bonchev–Trinajstić information content (AvgIpc) is 2.86. The first kappa shape index (κ1) is 30.4. The molecule has 3 aliphatic rings. The third-order valence-electron chi connectivity index (χ3n) is 6.49. The molecule has 3 fully saturated rings. The molecule has 17 nitrogen and oxygen atoms in total. The highest BCUT2D eigenvalue weighted by Crippen LogP contribution is 2.32. The van der Waals surface area contributed by atoms with Crippen LogP contribution in [-0.2, 0) is 28.5 Å². The van der Waals surface area contributed by atoms with Gasteiger partial charge in [-0.15, -0.1) is 0 Å². The molecule has 1 amide bonds. The van der Waals surface area contributed by atoms with Gasteiger partial charge in [-0.25, -0.2) is 0 Å². The summed E-state index contributed by atoms with van der Waals surface area (Å²) in [5.41, 5.74) is 0. The molecule has 17 heteroatoms. The van der Waals surface area contributed by atoms with Gasteiger partial charge in [0.1, 0.15) is 73.2 Å². The molecule has 3 saturated heterocycles. The molecule has 3 aliphatic heterocycles. The Kier molecular flexibility index (Phi) is 10.5. The van der Waals surface area contributed by atoms with Crippen molar-refractivity contribution in [2.24, 2.45) is 0 Å². The second-order valence-electron chi connectivity index (χ2n) is 9.07. The Bertz CT molecular complexity index is 745. The van der Waals surface area contributed by atoms with Crippen molar-refractivity contribution in [3.8, 4) is 0 Å². The second-order valence-corrected chi connectivity index (χ2v) is 9.07. The van der Waals surface area contributed by atoms with Crippen LogP contribution in [0.4, 0.5) is 0 Å². The molecule has 0 bridgehead atoms. The first-order valence-electron chi connectivity index (χ1n) is 11.6. The van der Waals surface area contributed by atoms with Crippen molar-refractivity contribution in [2.45, 2.75) is 99.0 Å². The monoisotopic (exact) mass is 545 g/mol. The molecule has 3 rings (SSSR count). The fraction of sp³-hybridized carbons (Fsp3) is 0.950. The summed E-state index contributed by atoms with van der Waals surface area (Å²) in [7, 11) is 0. The van der Waals surface area contributed by atoms with E-state index in [4.69, 9.17) is 23.7 Å². The van der Waals surface area contributed by atoms with E-state index < -0.39 is 118 Å². The molecular weight excluding hydrogens is 510 g/mol. The van der Waals surface area contributed by atoms with Crippen molar-refractivity contribution in [2.75, 3.05) is 19.8 Å². The zero-order chi connectivity index (χ0) is 27.6. The minimum atomic E-state index is -1.91. The van der Waals surface area contributed by atoms with E-state index in [1.807, 2.05) is 0 Å². The predicted molar refractivity (Wildman–Crippen MR) is 113 cm³/mol. The summed E-state index contributed by atoms with van der Waals surface area (Å²) < 4.78 is 27.0. The van der Waals surface area contributed by atoms with Gasteiger partial charge in [0.15, 0.2) is 18.9 Å². The Balaban J connectivity index is 1.83. The molecule has 1 unspecified atom stereocenters. The molecule has 0 aromatic rings. The van der Waals surface area contributed by atoms with Crippen LogP contribution in [-0.4, -0.2) is 169 Å². The van der Waals surface area contributed by atoms with Crippen LogP contribution in [0.5, 0.6) is 0 Å². The predicted octanol–water partition coefficient (Wildman–Crippen LogP) is -7.43. The summed E-state index contributed by atoms with van der Waals surface area (Å²) in [6.07, 6.45) is -23.4. The first-order chi connectivity index (χ1) is 17.4. The average molecular weight is 545 g/mol. The van der Waals surface area contributed by atoms with Gasteiger partial charge in [0.25, 0.3) is 0 Å². The number of amides is 1. The molecule has 15 atom stereocenters. The summed E-state index contributed by atoms with van der Waals surface area (Å²) in [5, 5.41) is 103. The van der Waals surface area contributed by atoms with E-state index in [-0.39, 0.29) is 0 Å². The number of aliphatic hydroxyl groups is 10. The van der Waals surface area contributed by atoms with Gasteiger partial charge in [-0.2, -0.15) is 0 Å². The quantitative estimate of drug-likeness (QED) is 0.135. The molecule has 0 aromatic heterocycles. The van der Waals surface area contributed by atoms with Crippen LogP contribution in [0.1, 0.15) is 6.92 Å². The van der Waals surface area contributed by atoms with Gasteiger partial charge in [-0.05, 0) is 0 Å². The number of hydrogen-bond acceptors (Lipinski definition) is 16. The number of rotatable bonds is 8. The lowest BCUT2D eigenvalue weighted by Crippen LogP contribution is -2.68. The van der Waals surface area contributed by atoms with Crippen molar-refractivity contribution in [1.82, 2.24) is 5.32 Å². The van der Waals surface area contributed by atoms with E-state index in [1.165, 1.54) is 0 Å². The van der Waals surface area contributed by atoms with Crippen molar-refractivity contribution in [1.29, 1.82) is 0 Å². The largest absolute Gasteiger partial charge is 0.394 e. The maximum absolute atomic E-state index is 11.7. The maximum atomic E-state index is 11.7. The first-order valence-corrected chi connectivity index (χ1v) is 11.6. The van der Waals surface area contributed by atoms with E-state index in [9.17, 15) is 55.9 Å². The summed E-state index contributed by atoms with van der Waals surface area (Å²) >= 11 is 0. The Hall–Kier alpha value is -1.13. The van der Waals surface area contributed by atoms with E-state index in [2.05, 4.69) is 5.32 Å². The molecule has 0 radical (unpaired) electrons. The smallest absolute Gasteiger partial charge is 0.217 e. The molecule has 0 aromatic carbocycles. The van der Waals surface area contributed by atoms with Crippen LogP contribution in [0.2, 0.25) is 0 Å². The zero-order valence-electron chi connectivity index (χ0n) is 19.7. The number of nitrogens with one attached hydrogen (secondary N) is 1. The van der Waals surface area contributed by atoms with Crippen molar-refractivity contribution < 1.29 is 79.5 Å². The summed E-state index contributed by atoms with van der Waals surface area (Å²) in [5.74, 6) is -0.652. The molecule has 0 saturated carbocycles. The lowest BCUT2D eigenvalue weighted by atomic mass is 9.95. The highest BCUT2D eigenvalue weighted by Gasteiger charge is 2.53. The van der Waals surface area contributed by atoms with E-state index in [0.717, 1.165) is 6.92 Å². The molecule has 0 aliphatic carbocycles. The minimum Gasteiger partial charge on any atom is -0.394 e. The highest BCUT2D eigenvalue weighted by molar-refractivity contribution is 5.73. The number of carbonyl (C=O) groups excluding carboxylic acids is 1. The van der Waals surface area contributed by atoms with Gasteiger partial charge < -0.3 is 80.1 Å². The van der Waals surface area contributed by atoms with Crippen LogP contribution < -0.4 is 5.32 Å².